The second-order valence-electron chi connectivity index (χ2n) is 3.23. The Hall–Kier alpha value is -0.120. The first kappa shape index (κ1) is 7.53. The summed E-state index contributed by atoms with van der Waals surface area (Å²) in [5, 5.41) is 3.24. The summed E-state index contributed by atoms with van der Waals surface area (Å²) in [7, 11) is 0. The smallest absolute Gasteiger partial charge is 0.158 e. The molecule has 0 saturated carbocycles. The van der Waals surface area contributed by atoms with Crippen LogP contribution in [0.15, 0.2) is 0 Å². The summed E-state index contributed by atoms with van der Waals surface area (Å²) >= 11 is 0. The molecule has 0 aliphatic carbocycles. The SMILES string of the molecule is CCCC1OC2CNCC2O1. The first-order valence-electron chi connectivity index (χ1n) is 4.42. The number of ether oxygens (including phenoxy) is 2. The molecule has 2 fully saturated rings. The van der Waals surface area contributed by atoms with Gasteiger partial charge in [0.1, 0.15) is 12.2 Å². The highest BCUT2D eigenvalue weighted by atomic mass is 16.7. The molecule has 3 heteroatoms. The molecule has 0 aromatic carbocycles. The minimum atomic E-state index is 0.0806. The average molecular weight is 157 g/mol. The summed E-state index contributed by atoms with van der Waals surface area (Å²) in [6.45, 7) is 4.08. The van der Waals surface area contributed by atoms with E-state index in [1.807, 2.05) is 0 Å². The third-order valence-electron chi connectivity index (χ3n) is 2.28. The predicted molar refractivity (Wildman–Crippen MR) is 41.3 cm³/mol. The minimum absolute atomic E-state index is 0.0806. The Balaban J connectivity index is 1.84. The molecule has 2 atom stereocenters. The lowest BCUT2D eigenvalue weighted by atomic mass is 10.3. The van der Waals surface area contributed by atoms with E-state index in [1.165, 1.54) is 0 Å². The zero-order valence-corrected chi connectivity index (χ0v) is 6.88. The Kier molecular flexibility index (Phi) is 2.11. The van der Waals surface area contributed by atoms with Crippen LogP contribution in [0.3, 0.4) is 0 Å². The molecule has 2 aliphatic rings. The van der Waals surface area contributed by atoms with E-state index in [1.54, 1.807) is 0 Å². The van der Waals surface area contributed by atoms with Gasteiger partial charge < -0.3 is 14.8 Å². The Morgan fingerprint density at radius 3 is 2.45 bits per heavy atom. The van der Waals surface area contributed by atoms with Gasteiger partial charge in [-0.15, -0.1) is 0 Å². The van der Waals surface area contributed by atoms with Crippen LogP contribution in [0.4, 0.5) is 0 Å². The second kappa shape index (κ2) is 3.09. The van der Waals surface area contributed by atoms with Gasteiger partial charge in [0.15, 0.2) is 6.29 Å². The molecule has 2 unspecified atom stereocenters. The highest BCUT2D eigenvalue weighted by molar-refractivity contribution is 4.87. The van der Waals surface area contributed by atoms with Crippen molar-refractivity contribution in [2.45, 2.75) is 38.3 Å². The molecule has 0 bridgehead atoms. The van der Waals surface area contributed by atoms with Crippen molar-refractivity contribution in [1.29, 1.82) is 0 Å². The van der Waals surface area contributed by atoms with Crippen molar-refractivity contribution in [2.24, 2.45) is 0 Å². The Labute approximate surface area is 67.1 Å². The molecule has 1 N–H and O–H groups in total. The van der Waals surface area contributed by atoms with Crippen LogP contribution in [-0.4, -0.2) is 31.6 Å². The number of hydrogen-bond donors (Lipinski definition) is 1. The quantitative estimate of drug-likeness (QED) is 0.633. The Bertz CT molecular complexity index is 128. The van der Waals surface area contributed by atoms with Crippen LogP contribution >= 0.6 is 0 Å². The van der Waals surface area contributed by atoms with Gasteiger partial charge in [-0.2, -0.15) is 0 Å². The maximum absolute atomic E-state index is 5.64. The fraction of sp³-hybridized carbons (Fsp3) is 1.00. The van der Waals surface area contributed by atoms with Crippen LogP contribution in [0, 0.1) is 0 Å². The van der Waals surface area contributed by atoms with Gasteiger partial charge in [-0.05, 0) is 6.42 Å². The van der Waals surface area contributed by atoms with E-state index in [9.17, 15) is 0 Å². The molecule has 2 saturated heterocycles. The molecule has 11 heavy (non-hydrogen) atoms. The van der Waals surface area contributed by atoms with Crippen LogP contribution in [-0.2, 0) is 9.47 Å². The van der Waals surface area contributed by atoms with E-state index in [0.29, 0.717) is 12.2 Å². The van der Waals surface area contributed by atoms with Gasteiger partial charge in [0.2, 0.25) is 0 Å². The molecule has 0 aromatic rings. The van der Waals surface area contributed by atoms with Crippen LogP contribution in [0.1, 0.15) is 19.8 Å². The van der Waals surface area contributed by atoms with E-state index in [-0.39, 0.29) is 6.29 Å². The monoisotopic (exact) mass is 157 g/mol. The van der Waals surface area contributed by atoms with Crippen molar-refractivity contribution >= 4 is 0 Å². The molecule has 0 aromatic heterocycles. The minimum Gasteiger partial charge on any atom is -0.345 e. The van der Waals surface area contributed by atoms with Gasteiger partial charge in [0.05, 0.1) is 0 Å². The van der Waals surface area contributed by atoms with Crippen molar-refractivity contribution in [1.82, 2.24) is 5.32 Å². The molecular weight excluding hydrogens is 142 g/mol. The maximum Gasteiger partial charge on any atom is 0.158 e. The van der Waals surface area contributed by atoms with E-state index in [4.69, 9.17) is 9.47 Å². The lowest BCUT2D eigenvalue weighted by molar-refractivity contribution is -0.0743. The van der Waals surface area contributed by atoms with Crippen LogP contribution in [0.5, 0.6) is 0 Å². The van der Waals surface area contributed by atoms with E-state index >= 15 is 0 Å². The van der Waals surface area contributed by atoms with Gasteiger partial charge in [0.25, 0.3) is 0 Å². The van der Waals surface area contributed by atoms with Gasteiger partial charge >= 0.3 is 0 Å². The van der Waals surface area contributed by atoms with Crippen molar-refractivity contribution in [2.75, 3.05) is 13.1 Å². The van der Waals surface area contributed by atoms with Gasteiger partial charge in [0, 0.05) is 13.1 Å². The van der Waals surface area contributed by atoms with Crippen molar-refractivity contribution in [3.8, 4) is 0 Å². The molecule has 2 rings (SSSR count). The summed E-state index contributed by atoms with van der Waals surface area (Å²) < 4.78 is 11.3. The van der Waals surface area contributed by atoms with Gasteiger partial charge in [-0.1, -0.05) is 13.3 Å². The topological polar surface area (TPSA) is 30.5 Å². The fourth-order valence-electron chi connectivity index (χ4n) is 1.70. The number of nitrogens with one attached hydrogen (secondary N) is 1. The third kappa shape index (κ3) is 1.41. The van der Waals surface area contributed by atoms with Crippen molar-refractivity contribution in [3.63, 3.8) is 0 Å². The fourth-order valence-corrected chi connectivity index (χ4v) is 1.70. The lowest BCUT2D eigenvalue weighted by Gasteiger charge is -2.09. The van der Waals surface area contributed by atoms with E-state index in [0.717, 1.165) is 25.9 Å². The largest absolute Gasteiger partial charge is 0.345 e. The molecule has 2 heterocycles. The Morgan fingerprint density at radius 2 is 1.91 bits per heavy atom. The van der Waals surface area contributed by atoms with Gasteiger partial charge in [-0.25, -0.2) is 0 Å². The molecule has 0 radical (unpaired) electrons. The average Bonchev–Trinajstić information content (AvgIpc) is 2.46. The van der Waals surface area contributed by atoms with E-state index in [2.05, 4.69) is 12.2 Å². The van der Waals surface area contributed by atoms with Crippen LogP contribution < -0.4 is 5.32 Å². The number of rotatable bonds is 2. The Morgan fingerprint density at radius 1 is 1.27 bits per heavy atom. The zero-order chi connectivity index (χ0) is 7.68. The number of hydrogen-bond acceptors (Lipinski definition) is 3. The first-order valence-corrected chi connectivity index (χ1v) is 4.42. The molecule has 0 amide bonds. The van der Waals surface area contributed by atoms with E-state index < -0.39 is 0 Å². The summed E-state index contributed by atoms with van der Waals surface area (Å²) in [6, 6.07) is 0. The molecule has 64 valence electrons. The molecule has 2 aliphatic heterocycles. The van der Waals surface area contributed by atoms with Crippen molar-refractivity contribution in [3.05, 3.63) is 0 Å². The summed E-state index contributed by atoms with van der Waals surface area (Å²) in [5.41, 5.74) is 0. The zero-order valence-electron chi connectivity index (χ0n) is 6.88. The molecule has 3 nitrogen and oxygen atoms in total. The summed E-state index contributed by atoms with van der Waals surface area (Å²) in [5.74, 6) is 0. The summed E-state index contributed by atoms with van der Waals surface area (Å²) in [6.07, 6.45) is 2.90. The highest BCUT2D eigenvalue weighted by Crippen LogP contribution is 2.24. The third-order valence-corrected chi connectivity index (χ3v) is 2.28. The van der Waals surface area contributed by atoms with Crippen LogP contribution in [0.25, 0.3) is 0 Å². The maximum atomic E-state index is 5.64. The van der Waals surface area contributed by atoms with Gasteiger partial charge in [-0.3, -0.25) is 0 Å². The first-order chi connectivity index (χ1) is 5.40. The summed E-state index contributed by atoms with van der Waals surface area (Å²) in [4.78, 5) is 0. The van der Waals surface area contributed by atoms with Crippen LogP contribution in [0.2, 0.25) is 0 Å². The second-order valence-corrected chi connectivity index (χ2v) is 3.23. The predicted octanol–water partition coefficient (Wildman–Crippen LogP) is 0.500. The normalized spacial score (nSPS) is 42.8. The molecule has 0 spiro atoms. The standard InChI is InChI=1S/C8H15NO2/c1-2-3-8-10-6-4-9-5-7(6)11-8/h6-9H,2-5H2,1H3. The highest BCUT2D eigenvalue weighted by Gasteiger charge is 2.38. The molecular formula is C8H15NO2. The number of fused-ring (bicyclic) bond motifs is 1. The van der Waals surface area contributed by atoms with Crippen molar-refractivity contribution < 1.29 is 9.47 Å². The lowest BCUT2D eigenvalue weighted by Crippen LogP contribution is -2.19.